The van der Waals surface area contributed by atoms with Crippen LogP contribution in [0.25, 0.3) is 0 Å². The molecule has 0 aliphatic rings. The molecule has 0 aromatic carbocycles. The number of carboxylic acids is 1. The molecule has 2 heterocycles. The molecule has 0 aliphatic heterocycles. The second-order valence-corrected chi connectivity index (χ2v) is 4.39. The lowest BCUT2D eigenvalue weighted by Crippen LogP contribution is -2.08. The molecule has 7 heteroatoms. The summed E-state index contributed by atoms with van der Waals surface area (Å²) in [5, 5.41) is 11.6. The van der Waals surface area contributed by atoms with Crippen LogP contribution in [0.5, 0.6) is 0 Å². The van der Waals surface area contributed by atoms with E-state index < -0.39 is 5.97 Å². The van der Waals surface area contributed by atoms with Crippen LogP contribution in [0.15, 0.2) is 11.6 Å². The first-order chi connectivity index (χ1) is 8.06. The fourth-order valence-electron chi connectivity index (χ4n) is 1.30. The molecule has 0 radical (unpaired) electrons. The van der Waals surface area contributed by atoms with E-state index in [0.29, 0.717) is 12.2 Å². The number of nitrogens with two attached hydrogens (primary N) is 1. The predicted molar refractivity (Wildman–Crippen MR) is 63.1 cm³/mol. The number of thiazole rings is 1. The molecule has 0 saturated heterocycles. The Morgan fingerprint density at radius 3 is 2.82 bits per heavy atom. The van der Waals surface area contributed by atoms with E-state index in [9.17, 15) is 4.79 Å². The van der Waals surface area contributed by atoms with Crippen LogP contribution in [0.3, 0.4) is 0 Å². The Balaban J connectivity index is 2.23. The molecule has 3 N–H and O–H groups in total. The van der Waals surface area contributed by atoms with E-state index >= 15 is 0 Å². The quantitative estimate of drug-likeness (QED) is 0.846. The Bertz CT molecular complexity index is 567. The summed E-state index contributed by atoms with van der Waals surface area (Å²) in [5.74, 6) is -0.670. The highest BCUT2D eigenvalue weighted by molar-refractivity contribution is 7.09. The summed E-state index contributed by atoms with van der Waals surface area (Å²) in [5.41, 5.74) is 6.40. The van der Waals surface area contributed by atoms with Crippen LogP contribution in [0.4, 0.5) is 5.82 Å². The molecule has 0 bridgehead atoms. The lowest BCUT2D eigenvalue weighted by molar-refractivity contribution is 0.0697. The molecular weight excluding hydrogens is 240 g/mol. The van der Waals surface area contributed by atoms with Gasteiger partial charge in [0.05, 0.1) is 6.42 Å². The van der Waals surface area contributed by atoms with Crippen LogP contribution >= 0.6 is 11.3 Å². The van der Waals surface area contributed by atoms with E-state index in [1.54, 1.807) is 0 Å². The van der Waals surface area contributed by atoms with Gasteiger partial charge >= 0.3 is 5.97 Å². The van der Waals surface area contributed by atoms with Crippen molar-refractivity contribution in [3.05, 3.63) is 33.7 Å². The van der Waals surface area contributed by atoms with Crippen molar-refractivity contribution in [2.24, 2.45) is 0 Å². The van der Waals surface area contributed by atoms with Gasteiger partial charge in [0, 0.05) is 17.3 Å². The minimum Gasteiger partial charge on any atom is -0.477 e. The highest BCUT2D eigenvalue weighted by atomic mass is 32.1. The van der Waals surface area contributed by atoms with Crippen molar-refractivity contribution < 1.29 is 9.90 Å². The molecule has 0 amide bonds. The van der Waals surface area contributed by atoms with Crippen LogP contribution in [-0.2, 0) is 6.42 Å². The summed E-state index contributed by atoms with van der Waals surface area (Å²) in [6.45, 7) is 1.91. The third-order valence-electron chi connectivity index (χ3n) is 2.07. The van der Waals surface area contributed by atoms with Gasteiger partial charge < -0.3 is 10.8 Å². The SMILES string of the molecule is Cc1csc(Cc2ncc(C(=O)O)c(N)n2)n1. The van der Waals surface area contributed by atoms with Crippen molar-refractivity contribution in [3.8, 4) is 0 Å². The third kappa shape index (κ3) is 2.56. The molecule has 0 aliphatic carbocycles. The largest absolute Gasteiger partial charge is 0.477 e. The fraction of sp³-hybridized carbons (Fsp3) is 0.200. The van der Waals surface area contributed by atoms with Gasteiger partial charge in [0.15, 0.2) is 0 Å². The smallest absolute Gasteiger partial charge is 0.341 e. The van der Waals surface area contributed by atoms with Crippen molar-refractivity contribution in [3.63, 3.8) is 0 Å². The molecule has 0 unspecified atom stereocenters. The lowest BCUT2D eigenvalue weighted by atomic mass is 10.3. The number of carbonyl (C=O) groups is 1. The predicted octanol–water partition coefficient (Wildman–Crippen LogP) is 1.11. The maximum atomic E-state index is 10.7. The van der Waals surface area contributed by atoms with Gasteiger partial charge in [-0.05, 0) is 6.92 Å². The molecule has 0 spiro atoms. The third-order valence-corrected chi connectivity index (χ3v) is 3.04. The topological polar surface area (TPSA) is 102 Å². The van der Waals surface area contributed by atoms with E-state index in [-0.39, 0.29) is 11.4 Å². The maximum Gasteiger partial charge on any atom is 0.341 e. The zero-order chi connectivity index (χ0) is 12.4. The van der Waals surface area contributed by atoms with E-state index in [2.05, 4.69) is 15.0 Å². The summed E-state index contributed by atoms with van der Waals surface area (Å²) in [7, 11) is 0. The molecule has 6 nitrogen and oxygen atoms in total. The average Bonchev–Trinajstić information content (AvgIpc) is 2.63. The minimum absolute atomic E-state index is 0.0178. The van der Waals surface area contributed by atoms with Crippen LogP contribution in [0, 0.1) is 6.92 Å². The zero-order valence-corrected chi connectivity index (χ0v) is 9.86. The lowest BCUT2D eigenvalue weighted by Gasteiger charge is -2.01. The van der Waals surface area contributed by atoms with Crippen LogP contribution in [-0.4, -0.2) is 26.0 Å². The number of hydrogen-bond acceptors (Lipinski definition) is 6. The molecule has 17 heavy (non-hydrogen) atoms. The van der Waals surface area contributed by atoms with Crippen LogP contribution < -0.4 is 5.73 Å². The van der Waals surface area contributed by atoms with Crippen LogP contribution in [0.2, 0.25) is 0 Å². The highest BCUT2D eigenvalue weighted by Gasteiger charge is 2.11. The minimum atomic E-state index is -1.13. The van der Waals surface area contributed by atoms with E-state index in [1.165, 1.54) is 17.5 Å². The van der Waals surface area contributed by atoms with Crippen molar-refractivity contribution in [2.45, 2.75) is 13.3 Å². The second kappa shape index (κ2) is 4.46. The van der Waals surface area contributed by atoms with Crippen molar-refractivity contribution in [1.82, 2.24) is 15.0 Å². The van der Waals surface area contributed by atoms with E-state index in [0.717, 1.165) is 10.7 Å². The molecule has 2 aromatic rings. The standard InChI is InChI=1S/C10H10N4O2S/c1-5-4-17-8(13-5)2-7-12-3-6(10(15)16)9(11)14-7/h3-4H,2H2,1H3,(H,15,16)(H2,11,12,14). The van der Waals surface area contributed by atoms with Gasteiger partial charge in [0.2, 0.25) is 0 Å². The Morgan fingerprint density at radius 2 is 2.29 bits per heavy atom. The molecule has 88 valence electrons. The normalized spacial score (nSPS) is 10.4. The zero-order valence-electron chi connectivity index (χ0n) is 9.04. The van der Waals surface area contributed by atoms with Crippen LogP contribution in [0.1, 0.15) is 26.9 Å². The van der Waals surface area contributed by atoms with Gasteiger partial charge in [-0.25, -0.2) is 19.7 Å². The van der Waals surface area contributed by atoms with Gasteiger partial charge in [-0.3, -0.25) is 0 Å². The van der Waals surface area contributed by atoms with Gasteiger partial charge in [-0.15, -0.1) is 11.3 Å². The molecular formula is C10H10N4O2S. The number of aryl methyl sites for hydroxylation is 1. The first kappa shape index (κ1) is 11.5. The van der Waals surface area contributed by atoms with Gasteiger partial charge in [0.1, 0.15) is 22.2 Å². The van der Waals surface area contributed by atoms with Crippen molar-refractivity contribution >= 4 is 23.1 Å². The summed E-state index contributed by atoms with van der Waals surface area (Å²) in [6.07, 6.45) is 1.68. The maximum absolute atomic E-state index is 10.7. The average molecular weight is 250 g/mol. The number of hydrogen-bond donors (Lipinski definition) is 2. The van der Waals surface area contributed by atoms with Gasteiger partial charge in [-0.2, -0.15) is 0 Å². The molecule has 2 aromatic heterocycles. The monoisotopic (exact) mass is 250 g/mol. The number of anilines is 1. The molecule has 0 saturated carbocycles. The highest BCUT2D eigenvalue weighted by Crippen LogP contribution is 2.14. The molecule has 0 fully saturated rings. The Morgan fingerprint density at radius 1 is 1.53 bits per heavy atom. The Hall–Kier alpha value is -2.02. The summed E-state index contributed by atoms with van der Waals surface area (Å²) in [6, 6.07) is 0. The van der Waals surface area contributed by atoms with E-state index in [4.69, 9.17) is 10.8 Å². The molecule has 2 rings (SSSR count). The molecule has 0 atom stereocenters. The first-order valence-corrected chi connectivity index (χ1v) is 5.70. The Kier molecular flexibility index (Phi) is 3.01. The van der Waals surface area contributed by atoms with Crippen molar-refractivity contribution in [2.75, 3.05) is 5.73 Å². The number of aromatic nitrogens is 3. The number of rotatable bonds is 3. The summed E-state index contributed by atoms with van der Waals surface area (Å²) in [4.78, 5) is 22.9. The van der Waals surface area contributed by atoms with Crippen molar-refractivity contribution in [1.29, 1.82) is 0 Å². The van der Waals surface area contributed by atoms with Gasteiger partial charge in [-0.1, -0.05) is 0 Å². The summed E-state index contributed by atoms with van der Waals surface area (Å²) < 4.78 is 0. The van der Waals surface area contributed by atoms with E-state index in [1.807, 2.05) is 12.3 Å². The Labute approximate surface area is 101 Å². The summed E-state index contributed by atoms with van der Waals surface area (Å²) >= 11 is 1.51. The number of nitrogens with zero attached hydrogens (tertiary/aromatic N) is 3. The number of nitrogen functional groups attached to an aromatic ring is 1. The second-order valence-electron chi connectivity index (χ2n) is 3.45. The van der Waals surface area contributed by atoms with Gasteiger partial charge in [0.25, 0.3) is 0 Å². The first-order valence-electron chi connectivity index (χ1n) is 4.82. The fourth-order valence-corrected chi connectivity index (χ4v) is 2.07. The number of aromatic carboxylic acids is 1. The number of carboxylic acid groups (broad SMARTS) is 1.